The number of nitrogens with zero attached hydrogens (tertiary/aromatic N) is 5. The maximum atomic E-state index is 10.5. The van der Waals surface area contributed by atoms with Gasteiger partial charge in [-0.1, -0.05) is 84.9 Å². The predicted octanol–water partition coefficient (Wildman–Crippen LogP) is 10.8. The monoisotopic (exact) mass is 635 g/mol. The molecular formula is C45H25N5. The Labute approximate surface area is 287 Å². The van der Waals surface area contributed by atoms with Gasteiger partial charge in [0.1, 0.15) is 6.07 Å². The average Bonchev–Trinajstić information content (AvgIpc) is 3.69. The third-order valence-electron chi connectivity index (χ3n) is 9.62. The minimum atomic E-state index is 0.570. The van der Waals surface area contributed by atoms with Gasteiger partial charge >= 0.3 is 0 Å². The molecule has 5 nitrogen and oxygen atoms in total. The number of benzene rings is 7. The summed E-state index contributed by atoms with van der Waals surface area (Å²) in [6, 6.07) is 57.9. The molecule has 5 heteroatoms. The van der Waals surface area contributed by atoms with Crippen LogP contribution < -0.4 is 0 Å². The van der Waals surface area contributed by atoms with Crippen molar-refractivity contribution < 1.29 is 0 Å². The summed E-state index contributed by atoms with van der Waals surface area (Å²) in [6.45, 7) is 0. The molecule has 0 atom stereocenters. The first kappa shape index (κ1) is 28.8. The van der Waals surface area contributed by atoms with Crippen LogP contribution in [0, 0.1) is 34.0 Å². The van der Waals surface area contributed by atoms with E-state index in [1.807, 2.05) is 72.8 Å². The molecule has 0 spiro atoms. The zero-order valence-corrected chi connectivity index (χ0v) is 26.7. The fraction of sp³-hybridized carbons (Fsp3) is 0. The zero-order valence-electron chi connectivity index (χ0n) is 26.7. The van der Waals surface area contributed by atoms with Crippen LogP contribution in [0.4, 0.5) is 0 Å². The number of para-hydroxylation sites is 3. The van der Waals surface area contributed by atoms with Crippen LogP contribution in [-0.2, 0) is 0 Å². The lowest BCUT2D eigenvalue weighted by molar-refractivity contribution is 1.17. The summed E-state index contributed by atoms with van der Waals surface area (Å²) in [5, 5.41) is 33.9. The molecule has 0 unspecified atom stereocenters. The molecular weight excluding hydrogens is 611 g/mol. The highest BCUT2D eigenvalue weighted by molar-refractivity contribution is 6.11. The Balaban J connectivity index is 1.28. The van der Waals surface area contributed by atoms with Crippen LogP contribution in [0.1, 0.15) is 16.7 Å². The summed E-state index contributed by atoms with van der Waals surface area (Å²) in [5.74, 6) is 0. The third-order valence-corrected chi connectivity index (χ3v) is 9.62. The van der Waals surface area contributed by atoms with E-state index in [1.54, 1.807) is 0 Å². The number of rotatable bonds is 4. The summed E-state index contributed by atoms with van der Waals surface area (Å²) in [7, 11) is 0. The maximum absolute atomic E-state index is 10.5. The maximum Gasteiger partial charge on any atom is 0.101 e. The van der Waals surface area contributed by atoms with Crippen molar-refractivity contribution >= 4 is 43.6 Å². The lowest BCUT2D eigenvalue weighted by atomic mass is 9.92. The van der Waals surface area contributed by atoms with Crippen molar-refractivity contribution in [1.82, 2.24) is 9.13 Å². The van der Waals surface area contributed by atoms with Crippen LogP contribution in [-0.4, -0.2) is 9.13 Å². The quantitative estimate of drug-likeness (QED) is 0.193. The molecule has 0 aliphatic carbocycles. The highest BCUT2D eigenvalue weighted by atomic mass is 15.0. The summed E-state index contributed by atoms with van der Waals surface area (Å²) in [4.78, 5) is 0. The summed E-state index contributed by atoms with van der Waals surface area (Å²) in [5.41, 5.74) is 11.6. The van der Waals surface area contributed by atoms with Gasteiger partial charge in [-0.2, -0.15) is 15.8 Å². The second-order valence-electron chi connectivity index (χ2n) is 12.3. The first-order chi connectivity index (χ1) is 24.7. The van der Waals surface area contributed by atoms with E-state index < -0.39 is 0 Å². The fourth-order valence-corrected chi connectivity index (χ4v) is 7.48. The van der Waals surface area contributed by atoms with Crippen LogP contribution in [0.25, 0.3) is 77.2 Å². The third kappa shape index (κ3) is 4.31. The largest absolute Gasteiger partial charge is 0.309 e. The molecule has 0 bridgehead atoms. The van der Waals surface area contributed by atoms with Gasteiger partial charge in [0, 0.05) is 32.8 Å². The van der Waals surface area contributed by atoms with Crippen molar-refractivity contribution in [2.24, 2.45) is 0 Å². The van der Waals surface area contributed by atoms with Gasteiger partial charge in [-0.3, -0.25) is 0 Å². The van der Waals surface area contributed by atoms with Gasteiger partial charge in [0.25, 0.3) is 0 Å². The number of hydrogen-bond acceptors (Lipinski definition) is 3. The van der Waals surface area contributed by atoms with Gasteiger partial charge in [-0.05, 0) is 83.4 Å². The van der Waals surface area contributed by atoms with E-state index in [9.17, 15) is 15.8 Å². The molecule has 9 aromatic rings. The molecule has 50 heavy (non-hydrogen) atoms. The normalized spacial score (nSPS) is 11.1. The van der Waals surface area contributed by atoms with Gasteiger partial charge in [-0.25, -0.2) is 0 Å². The van der Waals surface area contributed by atoms with Crippen molar-refractivity contribution in [3.05, 3.63) is 168 Å². The van der Waals surface area contributed by atoms with E-state index in [1.165, 1.54) is 0 Å². The van der Waals surface area contributed by atoms with Gasteiger partial charge in [0.15, 0.2) is 0 Å². The smallest absolute Gasteiger partial charge is 0.101 e. The minimum absolute atomic E-state index is 0.570. The van der Waals surface area contributed by atoms with Crippen LogP contribution in [0.2, 0.25) is 0 Å². The van der Waals surface area contributed by atoms with Gasteiger partial charge in [0.2, 0.25) is 0 Å². The van der Waals surface area contributed by atoms with Crippen molar-refractivity contribution in [3.63, 3.8) is 0 Å². The molecule has 0 aliphatic rings. The Morgan fingerprint density at radius 3 is 1.54 bits per heavy atom. The van der Waals surface area contributed by atoms with Gasteiger partial charge in [-0.15, -0.1) is 0 Å². The topological polar surface area (TPSA) is 81.2 Å². The number of nitriles is 3. The summed E-state index contributed by atoms with van der Waals surface area (Å²) >= 11 is 0. The molecule has 2 aromatic heterocycles. The van der Waals surface area contributed by atoms with Crippen molar-refractivity contribution in [3.8, 4) is 51.8 Å². The molecule has 7 aromatic carbocycles. The van der Waals surface area contributed by atoms with Gasteiger partial charge < -0.3 is 9.13 Å². The van der Waals surface area contributed by atoms with E-state index >= 15 is 0 Å². The molecule has 0 saturated heterocycles. The van der Waals surface area contributed by atoms with Crippen molar-refractivity contribution in [1.29, 1.82) is 15.8 Å². The number of hydrogen-bond donors (Lipinski definition) is 0. The molecule has 0 amide bonds. The van der Waals surface area contributed by atoms with Crippen LogP contribution >= 0.6 is 0 Å². The van der Waals surface area contributed by atoms with Crippen LogP contribution in [0.5, 0.6) is 0 Å². The minimum Gasteiger partial charge on any atom is -0.309 e. The second-order valence-corrected chi connectivity index (χ2v) is 12.3. The van der Waals surface area contributed by atoms with E-state index in [4.69, 9.17) is 0 Å². The number of aromatic nitrogens is 2. The average molecular weight is 636 g/mol. The molecule has 9 rings (SSSR count). The molecule has 0 saturated carbocycles. The SMILES string of the molecule is N#Cc1ccc2c(c1)c1cc(C#N)ccc1n2-c1cccc(-c2ccccc2-c2cccc(C#N)c2-n2c3ccccc3c3ccccc32)c1. The van der Waals surface area contributed by atoms with Crippen LogP contribution in [0.3, 0.4) is 0 Å². The highest BCUT2D eigenvalue weighted by Gasteiger charge is 2.21. The molecule has 2 heterocycles. The van der Waals surface area contributed by atoms with Crippen molar-refractivity contribution in [2.45, 2.75) is 0 Å². The van der Waals surface area contributed by atoms with Crippen molar-refractivity contribution in [2.75, 3.05) is 0 Å². The first-order valence-corrected chi connectivity index (χ1v) is 16.3. The highest BCUT2D eigenvalue weighted by Crippen LogP contribution is 2.42. The lowest BCUT2D eigenvalue weighted by Gasteiger charge is -2.18. The Kier molecular flexibility index (Phi) is 6.56. The van der Waals surface area contributed by atoms with E-state index in [-0.39, 0.29) is 0 Å². The molecule has 0 fully saturated rings. The predicted molar refractivity (Wildman–Crippen MR) is 200 cm³/mol. The van der Waals surface area contributed by atoms with E-state index in [0.29, 0.717) is 16.7 Å². The Bertz CT molecular complexity index is 2850. The lowest BCUT2D eigenvalue weighted by Crippen LogP contribution is -2.01. The first-order valence-electron chi connectivity index (χ1n) is 16.3. The molecule has 230 valence electrons. The molecule has 0 aliphatic heterocycles. The zero-order chi connectivity index (χ0) is 33.8. The Morgan fingerprint density at radius 2 is 0.920 bits per heavy atom. The molecule has 0 radical (unpaired) electrons. The van der Waals surface area contributed by atoms with Crippen LogP contribution in [0.15, 0.2) is 152 Å². The van der Waals surface area contributed by atoms with E-state index in [0.717, 1.165) is 77.2 Å². The molecule has 0 N–H and O–H groups in total. The second kappa shape index (κ2) is 11.4. The summed E-state index contributed by atoms with van der Waals surface area (Å²) in [6.07, 6.45) is 0. The van der Waals surface area contributed by atoms with E-state index in [2.05, 4.69) is 106 Å². The van der Waals surface area contributed by atoms with Gasteiger partial charge in [0.05, 0.1) is 56.6 Å². The Hall–Kier alpha value is -7.39. The number of fused-ring (bicyclic) bond motifs is 6. The standard InChI is InChI=1S/C45H25N5/c46-26-29-19-21-43-39(23-29)40-24-30(27-47)20-22-44(40)49(43)33-11-7-9-31(25-33)34-12-1-2-13-35(34)38-16-8-10-32(28-48)45(38)50-41-17-5-3-14-36(41)37-15-4-6-18-42(37)50/h1-25H. The fourth-order valence-electron chi connectivity index (χ4n) is 7.48. The summed E-state index contributed by atoms with van der Waals surface area (Å²) < 4.78 is 4.42. The Morgan fingerprint density at radius 1 is 0.380 bits per heavy atom.